The molecule has 5 nitrogen and oxygen atoms in total. The van der Waals surface area contributed by atoms with Gasteiger partial charge in [0.1, 0.15) is 11.1 Å². The molecule has 7 heteroatoms. The summed E-state index contributed by atoms with van der Waals surface area (Å²) in [5.74, 6) is -0.0533. The van der Waals surface area contributed by atoms with Crippen LogP contribution < -0.4 is 5.32 Å². The van der Waals surface area contributed by atoms with E-state index in [1.807, 2.05) is 5.38 Å². The van der Waals surface area contributed by atoms with Crippen LogP contribution in [0.4, 0.5) is 5.00 Å². The zero-order chi connectivity index (χ0) is 17.5. The molecule has 3 heterocycles. The molecular weight excluding hydrogens is 354 g/mol. The van der Waals surface area contributed by atoms with Crippen molar-refractivity contribution in [2.24, 2.45) is 0 Å². The number of anilines is 1. The molecule has 0 aliphatic carbocycles. The molecule has 3 rings (SSSR count). The van der Waals surface area contributed by atoms with Crippen LogP contribution in [0.2, 0.25) is 0 Å². The number of carbonyl (C=O) groups is 1. The number of amides is 1. The minimum absolute atomic E-state index is 0.0533. The molecule has 0 bridgehead atoms. The second kappa shape index (κ2) is 9.11. The van der Waals surface area contributed by atoms with Crippen LogP contribution in [0.3, 0.4) is 0 Å². The predicted octanol–water partition coefficient (Wildman–Crippen LogP) is 3.69. The third kappa shape index (κ3) is 5.38. The Labute approximate surface area is 155 Å². The Morgan fingerprint density at radius 1 is 1.40 bits per heavy atom. The fourth-order valence-electron chi connectivity index (χ4n) is 2.88. The Morgan fingerprint density at radius 3 is 3.04 bits per heavy atom. The second-order valence-corrected chi connectivity index (χ2v) is 7.97. The lowest BCUT2D eigenvalue weighted by Crippen LogP contribution is -2.34. The van der Waals surface area contributed by atoms with Gasteiger partial charge in [-0.25, -0.2) is 0 Å². The number of nitriles is 1. The summed E-state index contributed by atoms with van der Waals surface area (Å²) in [6.45, 7) is 3.21. The Balaban J connectivity index is 1.53. The average Bonchev–Trinajstić information content (AvgIpc) is 3.35. The highest BCUT2D eigenvalue weighted by Crippen LogP contribution is 2.22. The van der Waals surface area contributed by atoms with Gasteiger partial charge in [0, 0.05) is 37.5 Å². The number of thiophene rings is 2. The van der Waals surface area contributed by atoms with E-state index in [4.69, 9.17) is 10.00 Å². The standard InChI is InChI=1S/C18H21N3O2S2/c19-11-14-6-10-25-18(14)20-17(22)5-7-21(12-15-3-1-8-23-15)13-16-4-2-9-24-16/h2,4,6,9-10,15H,1,3,5,7-8,12-13H2,(H,20,22). The first-order chi connectivity index (χ1) is 12.2. The van der Waals surface area contributed by atoms with Crippen molar-refractivity contribution in [2.45, 2.75) is 31.9 Å². The monoisotopic (exact) mass is 375 g/mol. The van der Waals surface area contributed by atoms with E-state index in [2.05, 4.69) is 33.8 Å². The summed E-state index contributed by atoms with van der Waals surface area (Å²) in [6, 6.07) is 7.99. The molecule has 132 valence electrons. The molecule has 1 N–H and O–H groups in total. The average molecular weight is 376 g/mol. The van der Waals surface area contributed by atoms with Crippen molar-refractivity contribution in [1.29, 1.82) is 5.26 Å². The SMILES string of the molecule is N#Cc1ccsc1NC(=O)CCN(Cc1cccs1)CC1CCCO1. The van der Waals surface area contributed by atoms with E-state index < -0.39 is 0 Å². The number of nitrogens with one attached hydrogen (secondary N) is 1. The maximum atomic E-state index is 12.3. The molecule has 2 aromatic heterocycles. The quantitative estimate of drug-likeness (QED) is 0.764. The minimum Gasteiger partial charge on any atom is -0.377 e. The Bertz CT molecular complexity index is 715. The Kier molecular flexibility index (Phi) is 6.59. The third-order valence-corrected chi connectivity index (χ3v) is 5.83. The van der Waals surface area contributed by atoms with Gasteiger partial charge in [-0.15, -0.1) is 22.7 Å². The van der Waals surface area contributed by atoms with Crippen LogP contribution in [-0.4, -0.2) is 36.6 Å². The van der Waals surface area contributed by atoms with E-state index in [1.165, 1.54) is 16.2 Å². The lowest BCUT2D eigenvalue weighted by Gasteiger charge is -2.24. The number of rotatable bonds is 8. The molecule has 25 heavy (non-hydrogen) atoms. The van der Waals surface area contributed by atoms with Crippen LogP contribution in [0.5, 0.6) is 0 Å². The van der Waals surface area contributed by atoms with Crippen molar-refractivity contribution in [2.75, 3.05) is 25.0 Å². The molecule has 0 saturated carbocycles. The first kappa shape index (κ1) is 18.1. The minimum atomic E-state index is -0.0533. The molecule has 1 aliphatic rings. The lowest BCUT2D eigenvalue weighted by molar-refractivity contribution is -0.116. The smallest absolute Gasteiger partial charge is 0.226 e. The van der Waals surface area contributed by atoms with Gasteiger partial charge in [0.15, 0.2) is 0 Å². The third-order valence-electron chi connectivity index (χ3n) is 4.14. The fraction of sp³-hybridized carbons (Fsp3) is 0.444. The van der Waals surface area contributed by atoms with Gasteiger partial charge in [-0.3, -0.25) is 9.69 Å². The van der Waals surface area contributed by atoms with Gasteiger partial charge >= 0.3 is 0 Å². The Hall–Kier alpha value is -1.72. The molecule has 1 aliphatic heterocycles. The van der Waals surface area contributed by atoms with Crippen molar-refractivity contribution in [3.63, 3.8) is 0 Å². The second-order valence-electron chi connectivity index (χ2n) is 6.02. The highest BCUT2D eigenvalue weighted by molar-refractivity contribution is 7.14. The molecule has 1 saturated heterocycles. The normalized spacial score (nSPS) is 16.9. The molecule has 0 spiro atoms. The van der Waals surface area contributed by atoms with E-state index in [9.17, 15) is 4.79 Å². The zero-order valence-corrected chi connectivity index (χ0v) is 15.6. The summed E-state index contributed by atoms with van der Waals surface area (Å²) in [4.78, 5) is 15.8. The van der Waals surface area contributed by atoms with Crippen LogP contribution in [0, 0.1) is 11.3 Å². The summed E-state index contributed by atoms with van der Waals surface area (Å²) in [7, 11) is 0. The van der Waals surface area contributed by atoms with Gasteiger partial charge in [0.25, 0.3) is 0 Å². The van der Waals surface area contributed by atoms with Gasteiger partial charge < -0.3 is 10.1 Å². The molecule has 0 aromatic carbocycles. The number of ether oxygens (including phenoxy) is 1. The molecule has 1 amide bonds. The van der Waals surface area contributed by atoms with Crippen LogP contribution in [0.25, 0.3) is 0 Å². The van der Waals surface area contributed by atoms with Crippen LogP contribution in [0.1, 0.15) is 29.7 Å². The number of nitrogens with zero attached hydrogens (tertiary/aromatic N) is 2. The van der Waals surface area contributed by atoms with Crippen LogP contribution in [0.15, 0.2) is 29.0 Å². The first-order valence-corrected chi connectivity index (χ1v) is 10.1. The van der Waals surface area contributed by atoms with Crippen molar-refractivity contribution >= 4 is 33.6 Å². The summed E-state index contributed by atoms with van der Waals surface area (Å²) in [6.07, 6.45) is 2.88. The maximum Gasteiger partial charge on any atom is 0.226 e. The van der Waals surface area contributed by atoms with Crippen LogP contribution >= 0.6 is 22.7 Å². The van der Waals surface area contributed by atoms with E-state index in [0.29, 0.717) is 23.5 Å². The van der Waals surface area contributed by atoms with Gasteiger partial charge in [0.2, 0.25) is 5.91 Å². The van der Waals surface area contributed by atoms with Crippen molar-refractivity contribution < 1.29 is 9.53 Å². The molecule has 0 radical (unpaired) electrons. The fourth-order valence-corrected chi connectivity index (χ4v) is 4.38. The summed E-state index contributed by atoms with van der Waals surface area (Å²) in [5, 5.41) is 16.4. The zero-order valence-electron chi connectivity index (χ0n) is 13.9. The number of hydrogen-bond acceptors (Lipinski definition) is 6. The largest absolute Gasteiger partial charge is 0.377 e. The Morgan fingerprint density at radius 2 is 2.32 bits per heavy atom. The van der Waals surface area contributed by atoms with E-state index >= 15 is 0 Å². The van der Waals surface area contributed by atoms with Crippen LogP contribution in [-0.2, 0) is 16.1 Å². The van der Waals surface area contributed by atoms with Crippen molar-refractivity contribution in [1.82, 2.24) is 4.90 Å². The predicted molar refractivity (Wildman–Crippen MR) is 101 cm³/mol. The summed E-state index contributed by atoms with van der Waals surface area (Å²) >= 11 is 3.11. The summed E-state index contributed by atoms with van der Waals surface area (Å²) < 4.78 is 5.75. The van der Waals surface area contributed by atoms with Gasteiger partial charge in [-0.2, -0.15) is 5.26 Å². The number of carbonyl (C=O) groups excluding carboxylic acids is 1. The van der Waals surface area contributed by atoms with E-state index in [-0.39, 0.29) is 12.0 Å². The molecule has 1 unspecified atom stereocenters. The van der Waals surface area contributed by atoms with Gasteiger partial charge in [-0.05, 0) is 35.7 Å². The van der Waals surface area contributed by atoms with E-state index in [0.717, 1.165) is 32.5 Å². The molecule has 1 atom stereocenters. The molecule has 2 aromatic rings. The molecule has 1 fully saturated rings. The first-order valence-electron chi connectivity index (χ1n) is 8.38. The van der Waals surface area contributed by atoms with Gasteiger partial charge in [-0.1, -0.05) is 6.07 Å². The highest BCUT2D eigenvalue weighted by atomic mass is 32.1. The molecular formula is C18H21N3O2S2. The van der Waals surface area contributed by atoms with Crippen molar-refractivity contribution in [3.05, 3.63) is 39.4 Å². The van der Waals surface area contributed by atoms with Crippen molar-refractivity contribution in [3.8, 4) is 6.07 Å². The topological polar surface area (TPSA) is 65.4 Å². The number of hydrogen-bond donors (Lipinski definition) is 1. The summed E-state index contributed by atoms with van der Waals surface area (Å²) in [5.41, 5.74) is 0.521. The van der Waals surface area contributed by atoms with Gasteiger partial charge in [0.05, 0.1) is 11.7 Å². The van der Waals surface area contributed by atoms with E-state index in [1.54, 1.807) is 17.4 Å². The lowest BCUT2D eigenvalue weighted by atomic mass is 10.2. The highest BCUT2D eigenvalue weighted by Gasteiger charge is 2.20. The maximum absolute atomic E-state index is 12.3.